The molecular weight excluding hydrogens is 440 g/mol. The van der Waals surface area contributed by atoms with Crippen LogP contribution in [0.5, 0.6) is 0 Å². The minimum Gasteiger partial charge on any atom is -0.444 e. The molecular formula is C26H29F2N3O3. The Morgan fingerprint density at radius 2 is 1.68 bits per heavy atom. The first kappa shape index (κ1) is 22.6. The van der Waals surface area contributed by atoms with E-state index in [4.69, 9.17) is 4.74 Å². The number of nitrogens with one attached hydrogen (secondary N) is 2. The smallest absolute Gasteiger partial charge is 0.408 e. The van der Waals surface area contributed by atoms with Crippen molar-refractivity contribution in [1.29, 1.82) is 0 Å². The molecule has 1 aliphatic heterocycles. The highest BCUT2D eigenvalue weighted by Gasteiger charge is 2.70. The summed E-state index contributed by atoms with van der Waals surface area (Å²) in [5.74, 6) is -1.33. The monoisotopic (exact) mass is 469 g/mol. The molecule has 6 nitrogen and oxygen atoms in total. The van der Waals surface area contributed by atoms with Crippen molar-refractivity contribution in [2.75, 3.05) is 6.54 Å². The van der Waals surface area contributed by atoms with Crippen LogP contribution in [0.15, 0.2) is 42.5 Å². The van der Waals surface area contributed by atoms with Gasteiger partial charge in [-0.25, -0.2) is 18.4 Å². The van der Waals surface area contributed by atoms with E-state index in [-0.39, 0.29) is 22.7 Å². The molecule has 4 aliphatic rings. The van der Waals surface area contributed by atoms with Crippen LogP contribution < -0.4 is 10.6 Å². The molecule has 0 saturated heterocycles. The van der Waals surface area contributed by atoms with Gasteiger partial charge in [0.05, 0.1) is 11.6 Å². The third-order valence-electron chi connectivity index (χ3n) is 6.97. The van der Waals surface area contributed by atoms with E-state index in [2.05, 4.69) is 10.6 Å². The van der Waals surface area contributed by atoms with Crippen LogP contribution in [-0.4, -0.2) is 40.2 Å². The third-order valence-corrected chi connectivity index (χ3v) is 6.97. The number of amides is 3. The predicted octanol–water partition coefficient (Wildman–Crippen LogP) is 4.82. The van der Waals surface area contributed by atoms with E-state index in [1.165, 1.54) is 12.1 Å². The van der Waals surface area contributed by atoms with E-state index in [0.29, 0.717) is 32.2 Å². The predicted molar refractivity (Wildman–Crippen MR) is 122 cm³/mol. The molecule has 3 amide bonds. The average Bonchev–Trinajstić information content (AvgIpc) is 2.69. The molecule has 2 N–H and O–H groups in total. The molecule has 180 valence electrons. The van der Waals surface area contributed by atoms with Gasteiger partial charge in [-0.15, -0.1) is 0 Å². The third kappa shape index (κ3) is 3.99. The second-order valence-corrected chi connectivity index (χ2v) is 10.9. The van der Waals surface area contributed by atoms with E-state index >= 15 is 0 Å². The van der Waals surface area contributed by atoms with Crippen LogP contribution in [0.3, 0.4) is 0 Å². The molecule has 0 spiro atoms. The van der Waals surface area contributed by atoms with Crippen molar-refractivity contribution >= 4 is 12.1 Å². The number of hydrogen-bond donors (Lipinski definition) is 2. The van der Waals surface area contributed by atoms with Gasteiger partial charge in [0.25, 0.3) is 0 Å². The van der Waals surface area contributed by atoms with Gasteiger partial charge < -0.3 is 20.3 Å². The molecule has 2 bridgehead atoms. The van der Waals surface area contributed by atoms with Crippen LogP contribution in [-0.2, 0) is 11.2 Å². The lowest BCUT2D eigenvalue weighted by molar-refractivity contribution is -0.0976. The zero-order valence-corrected chi connectivity index (χ0v) is 19.6. The number of nitrogens with zero attached hydrogens (tertiary/aromatic N) is 1. The molecule has 34 heavy (non-hydrogen) atoms. The van der Waals surface area contributed by atoms with E-state index in [1.54, 1.807) is 4.90 Å². The maximum absolute atomic E-state index is 14.8. The largest absolute Gasteiger partial charge is 0.444 e. The molecule has 3 fully saturated rings. The zero-order valence-electron chi connectivity index (χ0n) is 19.6. The Labute approximate surface area is 197 Å². The molecule has 1 heterocycles. The van der Waals surface area contributed by atoms with Crippen LogP contribution in [0.4, 0.5) is 18.4 Å². The van der Waals surface area contributed by atoms with Gasteiger partial charge in [-0.3, -0.25) is 0 Å². The summed E-state index contributed by atoms with van der Waals surface area (Å²) in [7, 11) is 0. The van der Waals surface area contributed by atoms with Crippen molar-refractivity contribution in [3.05, 3.63) is 70.8 Å². The molecule has 0 aromatic heterocycles. The number of carbonyl (C=O) groups excluding carboxylic acids is 2. The van der Waals surface area contributed by atoms with Crippen molar-refractivity contribution < 1.29 is 23.1 Å². The topological polar surface area (TPSA) is 70.7 Å². The van der Waals surface area contributed by atoms with Crippen LogP contribution >= 0.6 is 0 Å². The average molecular weight is 470 g/mol. The fraction of sp³-hybridized carbons (Fsp3) is 0.462. The lowest BCUT2D eigenvalue weighted by Crippen LogP contribution is -2.84. The summed E-state index contributed by atoms with van der Waals surface area (Å²) in [6.07, 6.45) is 2.09. The number of fused-ring (bicyclic) bond motifs is 1. The van der Waals surface area contributed by atoms with E-state index < -0.39 is 29.4 Å². The Kier molecular flexibility index (Phi) is 5.11. The van der Waals surface area contributed by atoms with Crippen molar-refractivity contribution in [3.8, 4) is 0 Å². The molecule has 6 rings (SSSR count). The molecule has 1 unspecified atom stereocenters. The minimum absolute atomic E-state index is 0.268. The number of ether oxygens (including phenoxy) is 1. The first-order valence-electron chi connectivity index (χ1n) is 11.6. The van der Waals surface area contributed by atoms with E-state index in [0.717, 1.165) is 17.2 Å². The zero-order chi connectivity index (χ0) is 24.3. The molecule has 2 aromatic carbocycles. The lowest BCUT2D eigenvalue weighted by Gasteiger charge is -2.70. The van der Waals surface area contributed by atoms with Crippen LogP contribution in [0, 0.1) is 11.6 Å². The van der Waals surface area contributed by atoms with Gasteiger partial charge in [-0.05, 0) is 63.6 Å². The fourth-order valence-corrected chi connectivity index (χ4v) is 5.72. The molecule has 1 atom stereocenters. The summed E-state index contributed by atoms with van der Waals surface area (Å²) in [5, 5.41) is 6.08. The lowest BCUT2D eigenvalue weighted by atomic mass is 9.44. The summed E-state index contributed by atoms with van der Waals surface area (Å²) >= 11 is 0. The Hall–Kier alpha value is -3.16. The number of hydrogen-bond acceptors (Lipinski definition) is 3. The highest BCUT2D eigenvalue weighted by molar-refractivity contribution is 5.78. The second-order valence-electron chi connectivity index (χ2n) is 10.9. The van der Waals surface area contributed by atoms with Crippen molar-refractivity contribution in [2.24, 2.45) is 0 Å². The number of alkyl carbamates (subject to hydrolysis) is 1. The van der Waals surface area contributed by atoms with Gasteiger partial charge >= 0.3 is 12.1 Å². The van der Waals surface area contributed by atoms with Gasteiger partial charge in [0.2, 0.25) is 0 Å². The number of benzene rings is 2. The summed E-state index contributed by atoms with van der Waals surface area (Å²) in [6.45, 7) is 5.86. The Bertz CT molecular complexity index is 1140. The fourth-order valence-electron chi connectivity index (χ4n) is 5.72. The Morgan fingerprint density at radius 3 is 2.35 bits per heavy atom. The Balaban J connectivity index is 1.31. The molecule has 8 heteroatoms. The van der Waals surface area contributed by atoms with Gasteiger partial charge in [-0.1, -0.05) is 30.3 Å². The number of rotatable bonds is 3. The van der Waals surface area contributed by atoms with Crippen molar-refractivity contribution in [2.45, 2.75) is 69.2 Å². The standard InChI is InChI=1S/C26H29F2N3O3/c1-24(2,3)34-23(33)30-26-13-25(14-26,15-26)29-22(32)31-11-10-16-6-4-5-7-18(16)21(31)19-9-8-17(27)12-20(19)28/h4-9,12,21H,10-11,13-15H2,1-3H3,(H,29,32)(H,30,33). The summed E-state index contributed by atoms with van der Waals surface area (Å²) in [5.41, 5.74) is 0.863. The summed E-state index contributed by atoms with van der Waals surface area (Å²) in [6, 6.07) is 10.2. The number of halogens is 2. The Morgan fingerprint density at radius 1 is 1.00 bits per heavy atom. The SMILES string of the molecule is CC(C)(C)OC(=O)NC12CC(NC(=O)N3CCc4ccccc4C3c3ccc(F)cc3F)(C1)C2. The van der Waals surface area contributed by atoms with E-state index in [9.17, 15) is 18.4 Å². The van der Waals surface area contributed by atoms with Gasteiger partial charge in [0, 0.05) is 23.7 Å². The van der Waals surface area contributed by atoms with Crippen molar-refractivity contribution in [1.82, 2.24) is 15.5 Å². The first-order chi connectivity index (χ1) is 16.0. The van der Waals surface area contributed by atoms with Gasteiger partial charge in [-0.2, -0.15) is 0 Å². The molecule has 0 radical (unpaired) electrons. The molecule has 3 saturated carbocycles. The number of carbonyl (C=O) groups is 2. The number of urea groups is 1. The van der Waals surface area contributed by atoms with Gasteiger partial charge in [0.1, 0.15) is 17.2 Å². The molecule has 3 aliphatic carbocycles. The maximum atomic E-state index is 14.8. The quantitative estimate of drug-likeness (QED) is 0.677. The molecule has 2 aromatic rings. The summed E-state index contributed by atoms with van der Waals surface area (Å²) < 4.78 is 33.8. The minimum atomic E-state index is -0.675. The highest BCUT2D eigenvalue weighted by Crippen LogP contribution is 2.60. The highest BCUT2D eigenvalue weighted by atomic mass is 19.1. The van der Waals surface area contributed by atoms with E-state index in [1.807, 2.05) is 45.0 Å². The maximum Gasteiger partial charge on any atom is 0.408 e. The van der Waals surface area contributed by atoms with Crippen LogP contribution in [0.25, 0.3) is 0 Å². The van der Waals surface area contributed by atoms with Gasteiger partial charge in [0.15, 0.2) is 0 Å². The normalized spacial score (nSPS) is 27.1. The summed E-state index contributed by atoms with van der Waals surface area (Å²) in [4.78, 5) is 27.2. The van der Waals surface area contributed by atoms with Crippen molar-refractivity contribution in [3.63, 3.8) is 0 Å². The second kappa shape index (κ2) is 7.68. The first-order valence-corrected chi connectivity index (χ1v) is 11.6. The van der Waals surface area contributed by atoms with Crippen LogP contribution in [0.1, 0.15) is 62.8 Å². The van der Waals surface area contributed by atoms with Crippen LogP contribution in [0.2, 0.25) is 0 Å².